The Kier molecular flexibility index (Phi) is 5.48. The van der Waals surface area contributed by atoms with Gasteiger partial charge in [-0.15, -0.1) is 0 Å². The summed E-state index contributed by atoms with van der Waals surface area (Å²) in [6.45, 7) is -2.87. The summed E-state index contributed by atoms with van der Waals surface area (Å²) in [4.78, 5) is 17.1. The van der Waals surface area contributed by atoms with Crippen LogP contribution < -0.4 is 4.74 Å². The number of aromatic nitrogens is 2. The topological polar surface area (TPSA) is 47.4 Å². The van der Waals surface area contributed by atoms with Gasteiger partial charge in [-0.3, -0.25) is 9.36 Å². The molecule has 0 aliphatic carbocycles. The third kappa shape index (κ3) is 4.27. The molecule has 2 aromatic rings. The van der Waals surface area contributed by atoms with E-state index in [1.807, 2.05) is 0 Å². The minimum atomic E-state index is -2.68. The SMILES string of the molecule is CN(Cc1nccn1C(F)F)C(=O)COc1ccc(Br)cc1. The Balaban J connectivity index is 1.89. The van der Waals surface area contributed by atoms with Gasteiger partial charge in [0.1, 0.15) is 11.6 Å². The lowest BCUT2D eigenvalue weighted by Gasteiger charge is -2.17. The number of hydrogen-bond donors (Lipinski definition) is 0. The molecule has 1 heterocycles. The van der Waals surface area contributed by atoms with Crippen LogP contribution in [0.25, 0.3) is 0 Å². The molecule has 8 heteroatoms. The third-order valence-corrected chi connectivity index (χ3v) is 3.47. The smallest absolute Gasteiger partial charge is 0.319 e. The number of likely N-dealkylation sites (N-methyl/N-ethyl adjacent to an activating group) is 1. The molecular weight excluding hydrogens is 360 g/mol. The van der Waals surface area contributed by atoms with E-state index in [1.165, 1.54) is 24.3 Å². The van der Waals surface area contributed by atoms with Gasteiger partial charge in [-0.2, -0.15) is 8.78 Å². The first-order valence-electron chi connectivity index (χ1n) is 6.39. The first-order valence-corrected chi connectivity index (χ1v) is 7.19. The molecule has 0 saturated heterocycles. The number of imidazole rings is 1. The Hall–Kier alpha value is -1.96. The fourth-order valence-electron chi connectivity index (χ4n) is 1.73. The van der Waals surface area contributed by atoms with E-state index < -0.39 is 6.55 Å². The summed E-state index contributed by atoms with van der Waals surface area (Å²) >= 11 is 3.30. The van der Waals surface area contributed by atoms with Crippen LogP contribution >= 0.6 is 15.9 Å². The number of carbonyl (C=O) groups is 1. The van der Waals surface area contributed by atoms with Crippen molar-refractivity contribution in [2.45, 2.75) is 13.1 Å². The Morgan fingerprint density at radius 3 is 2.73 bits per heavy atom. The lowest BCUT2D eigenvalue weighted by Crippen LogP contribution is -2.32. The highest BCUT2D eigenvalue weighted by Gasteiger charge is 2.16. The van der Waals surface area contributed by atoms with Crippen LogP contribution in [0, 0.1) is 0 Å². The van der Waals surface area contributed by atoms with Crippen molar-refractivity contribution in [1.82, 2.24) is 14.5 Å². The molecule has 0 saturated carbocycles. The molecule has 0 bridgehead atoms. The standard InChI is InChI=1S/C14H14BrF2N3O2/c1-19(8-12-18-6-7-20(12)14(16)17)13(21)9-22-11-4-2-10(15)3-5-11/h2-7,14H,8-9H2,1H3. The predicted octanol–water partition coefficient (Wildman–Crippen LogP) is 3.08. The highest BCUT2D eigenvalue weighted by molar-refractivity contribution is 9.10. The summed E-state index contributed by atoms with van der Waals surface area (Å²) in [5, 5.41) is 0. The second-order valence-electron chi connectivity index (χ2n) is 4.52. The maximum Gasteiger partial charge on any atom is 0.319 e. The fraction of sp³-hybridized carbons (Fsp3) is 0.286. The molecule has 22 heavy (non-hydrogen) atoms. The number of rotatable bonds is 6. The number of ether oxygens (including phenoxy) is 1. The molecule has 1 aromatic heterocycles. The van der Waals surface area contributed by atoms with Gasteiger partial charge in [0.15, 0.2) is 6.61 Å². The first-order chi connectivity index (χ1) is 10.5. The van der Waals surface area contributed by atoms with Crippen LogP contribution in [0.2, 0.25) is 0 Å². The van der Waals surface area contributed by atoms with Crippen LogP contribution in [0.3, 0.4) is 0 Å². The minimum absolute atomic E-state index is 0.0140. The van der Waals surface area contributed by atoms with E-state index in [4.69, 9.17) is 4.74 Å². The highest BCUT2D eigenvalue weighted by atomic mass is 79.9. The van der Waals surface area contributed by atoms with Gasteiger partial charge in [0, 0.05) is 23.9 Å². The summed E-state index contributed by atoms with van der Waals surface area (Å²) in [6, 6.07) is 7.04. The van der Waals surface area contributed by atoms with Crippen molar-refractivity contribution in [2.24, 2.45) is 0 Å². The monoisotopic (exact) mass is 373 g/mol. The molecule has 2 rings (SSSR count). The zero-order valence-electron chi connectivity index (χ0n) is 11.7. The van der Waals surface area contributed by atoms with E-state index in [0.717, 1.165) is 9.04 Å². The van der Waals surface area contributed by atoms with Gasteiger partial charge < -0.3 is 9.64 Å². The lowest BCUT2D eigenvalue weighted by molar-refractivity contribution is -0.132. The maximum atomic E-state index is 12.7. The maximum absolute atomic E-state index is 12.7. The predicted molar refractivity (Wildman–Crippen MR) is 79.6 cm³/mol. The molecule has 0 N–H and O–H groups in total. The van der Waals surface area contributed by atoms with Crippen LogP contribution in [0.15, 0.2) is 41.1 Å². The Bertz CT molecular complexity index is 631. The number of hydrogen-bond acceptors (Lipinski definition) is 3. The first kappa shape index (κ1) is 16.4. The average Bonchev–Trinajstić information content (AvgIpc) is 2.94. The third-order valence-electron chi connectivity index (χ3n) is 2.94. The van der Waals surface area contributed by atoms with Gasteiger partial charge in [-0.25, -0.2) is 4.98 Å². The van der Waals surface area contributed by atoms with Crippen LogP contribution in [0.5, 0.6) is 5.75 Å². The molecule has 0 spiro atoms. The number of carbonyl (C=O) groups excluding carboxylic acids is 1. The van der Waals surface area contributed by atoms with Gasteiger partial charge >= 0.3 is 6.55 Å². The van der Waals surface area contributed by atoms with E-state index in [0.29, 0.717) is 5.75 Å². The number of alkyl halides is 2. The zero-order chi connectivity index (χ0) is 16.1. The molecule has 0 fully saturated rings. The molecule has 0 atom stereocenters. The quantitative estimate of drug-likeness (QED) is 0.781. The summed E-state index contributed by atoms with van der Waals surface area (Å²) < 4.78 is 32.4. The van der Waals surface area contributed by atoms with E-state index in [2.05, 4.69) is 20.9 Å². The van der Waals surface area contributed by atoms with Crippen molar-refractivity contribution in [1.29, 1.82) is 0 Å². The molecule has 0 radical (unpaired) electrons. The van der Waals surface area contributed by atoms with Crippen molar-refractivity contribution in [3.05, 3.63) is 47.0 Å². The van der Waals surface area contributed by atoms with Crippen molar-refractivity contribution in [3.8, 4) is 5.75 Å². The normalized spacial score (nSPS) is 10.8. The molecule has 1 amide bonds. The van der Waals surface area contributed by atoms with Gasteiger partial charge in [-0.05, 0) is 24.3 Å². The van der Waals surface area contributed by atoms with Crippen LogP contribution in [0.4, 0.5) is 8.78 Å². The van der Waals surface area contributed by atoms with Gasteiger partial charge in [0.05, 0.1) is 6.54 Å². The summed E-state index contributed by atoms with van der Waals surface area (Å²) in [6.07, 6.45) is 2.45. The molecule has 0 aliphatic rings. The second-order valence-corrected chi connectivity index (χ2v) is 5.44. The molecule has 118 valence electrons. The number of halogens is 3. The van der Waals surface area contributed by atoms with Crippen LogP contribution in [-0.4, -0.2) is 34.0 Å². The summed E-state index contributed by atoms with van der Waals surface area (Å²) in [7, 11) is 1.51. The Labute approximate surface area is 134 Å². The number of amides is 1. The molecule has 0 aliphatic heterocycles. The Morgan fingerprint density at radius 1 is 1.41 bits per heavy atom. The summed E-state index contributed by atoms with van der Waals surface area (Å²) in [5.41, 5.74) is 0. The van der Waals surface area contributed by atoms with Crippen LogP contribution in [-0.2, 0) is 11.3 Å². The van der Waals surface area contributed by atoms with E-state index in [9.17, 15) is 13.6 Å². The molecule has 0 unspecified atom stereocenters. The molecular formula is C14H14BrF2N3O2. The fourth-order valence-corrected chi connectivity index (χ4v) is 1.99. The van der Waals surface area contributed by atoms with E-state index >= 15 is 0 Å². The van der Waals surface area contributed by atoms with Crippen molar-refractivity contribution >= 4 is 21.8 Å². The number of nitrogens with zero attached hydrogens (tertiary/aromatic N) is 3. The summed E-state index contributed by atoms with van der Waals surface area (Å²) in [5.74, 6) is 0.347. The number of benzene rings is 1. The second kappa shape index (κ2) is 7.35. The van der Waals surface area contributed by atoms with E-state index in [1.54, 1.807) is 24.3 Å². The van der Waals surface area contributed by atoms with E-state index in [-0.39, 0.29) is 24.9 Å². The van der Waals surface area contributed by atoms with Gasteiger partial charge in [0.25, 0.3) is 5.91 Å². The van der Waals surface area contributed by atoms with Gasteiger partial charge in [0.2, 0.25) is 0 Å². The lowest BCUT2D eigenvalue weighted by atomic mass is 10.3. The zero-order valence-corrected chi connectivity index (χ0v) is 13.3. The Morgan fingerprint density at radius 2 is 2.09 bits per heavy atom. The van der Waals surface area contributed by atoms with Crippen LogP contribution in [0.1, 0.15) is 12.4 Å². The van der Waals surface area contributed by atoms with Crippen molar-refractivity contribution < 1.29 is 18.3 Å². The molecule has 1 aromatic carbocycles. The van der Waals surface area contributed by atoms with Crippen molar-refractivity contribution in [3.63, 3.8) is 0 Å². The minimum Gasteiger partial charge on any atom is -0.484 e. The highest BCUT2D eigenvalue weighted by Crippen LogP contribution is 2.16. The average molecular weight is 374 g/mol. The molecule has 5 nitrogen and oxygen atoms in total. The van der Waals surface area contributed by atoms with Crippen molar-refractivity contribution in [2.75, 3.05) is 13.7 Å². The van der Waals surface area contributed by atoms with Gasteiger partial charge in [-0.1, -0.05) is 15.9 Å². The largest absolute Gasteiger partial charge is 0.484 e.